The monoisotopic (exact) mass is 1360 g/mol. The average Bonchev–Trinajstić information content (AvgIpc) is 1.69. The number of nitrogens with zero attached hydrogens (tertiary/aromatic N) is 6. The summed E-state index contributed by atoms with van der Waals surface area (Å²) in [6, 6.07) is 4.94. The molecular weight excluding hydrogens is 1260 g/mol. The molecule has 1 aromatic rings. The highest BCUT2D eigenvalue weighted by Crippen LogP contribution is 2.41. The van der Waals surface area contributed by atoms with Gasteiger partial charge in [-0.25, -0.2) is 9.79 Å². The van der Waals surface area contributed by atoms with Crippen molar-refractivity contribution in [3.05, 3.63) is 29.3 Å². The van der Waals surface area contributed by atoms with Crippen molar-refractivity contribution < 1.29 is 76.7 Å². The minimum absolute atomic E-state index is 0.0252. The zero-order chi connectivity index (χ0) is 67.1. The van der Waals surface area contributed by atoms with Crippen LogP contribution in [-0.2, 0) is 57.2 Å². The van der Waals surface area contributed by atoms with Crippen molar-refractivity contribution in [3.63, 3.8) is 0 Å². The maximum absolute atomic E-state index is 13.6. The number of aliphatic imine (C=N–C) groups is 2. The zero-order valence-corrected chi connectivity index (χ0v) is 56.2. The Hall–Kier alpha value is -5.83. The first-order valence-electron chi connectivity index (χ1n) is 33.4. The third kappa shape index (κ3) is 30.5. The number of guanidine groups is 1. The number of carboxylic acid groups (broad SMARTS) is 1. The van der Waals surface area contributed by atoms with Crippen LogP contribution in [0.3, 0.4) is 0 Å². The lowest BCUT2D eigenvalue weighted by molar-refractivity contribution is -0.139. The SMILES string of the molecule is NC1=N[C@H]2[C@H](CS[C@H]2CCCCC(=O)CCCOCCCC(=O)c2cc(NC(=O)NCCOCCOCCNC(=O)CN3CCN(COC=O)CCN(COC=O)CCN(CC(=O)O)CC3)cc(C(=O)CCCOCCCC(=O)CCCC[C@@H]3SC[C@@H]4NC(N)=N[C@@H]43)c2)C1. The van der Waals surface area contributed by atoms with E-state index in [1.54, 1.807) is 23.1 Å². The van der Waals surface area contributed by atoms with E-state index in [-0.39, 0.29) is 131 Å². The number of aliphatic carboxylic acids is 1. The molecule has 3 fully saturated rings. The number of amidine groups is 1. The zero-order valence-electron chi connectivity index (χ0n) is 54.6. The van der Waals surface area contributed by atoms with E-state index >= 15 is 0 Å². The van der Waals surface area contributed by atoms with E-state index < -0.39 is 12.0 Å². The van der Waals surface area contributed by atoms with Gasteiger partial charge in [0.1, 0.15) is 25.0 Å². The summed E-state index contributed by atoms with van der Waals surface area (Å²) in [7, 11) is 0. The Bertz CT molecular complexity index is 2510. The predicted molar refractivity (Wildman–Crippen MR) is 358 cm³/mol. The van der Waals surface area contributed by atoms with Crippen LogP contribution >= 0.6 is 23.5 Å². The van der Waals surface area contributed by atoms with Crippen LogP contribution < -0.4 is 32.7 Å². The first kappa shape index (κ1) is 77.2. The number of nitrogens with one attached hydrogen (secondary N) is 4. The molecule has 0 unspecified atom stereocenters. The molecule has 9 N–H and O–H groups in total. The molecule has 3 amide bonds. The van der Waals surface area contributed by atoms with Crippen molar-refractivity contribution in [2.45, 2.75) is 138 Å². The first-order chi connectivity index (χ1) is 45.7. The number of carbonyl (C=O) groups is 9. The number of ketones is 4. The Morgan fingerprint density at radius 1 is 0.564 bits per heavy atom. The second-order valence-corrected chi connectivity index (χ2v) is 26.9. The Balaban J connectivity index is 0.860. The lowest BCUT2D eigenvalue weighted by Crippen LogP contribution is -2.49. The number of thioether (sulfide) groups is 2. The molecule has 94 heavy (non-hydrogen) atoms. The molecule has 0 aliphatic carbocycles. The number of hydrogen-bond acceptors (Lipinski definition) is 26. The molecule has 30 heteroatoms. The second-order valence-electron chi connectivity index (χ2n) is 24.3. The summed E-state index contributed by atoms with van der Waals surface area (Å²) in [6.07, 6.45) is 10.9. The number of benzene rings is 1. The highest BCUT2D eigenvalue weighted by atomic mass is 32.2. The molecule has 5 heterocycles. The number of unbranched alkanes of at least 4 members (excludes halogenated alkanes) is 2. The van der Waals surface area contributed by atoms with Crippen LogP contribution in [-0.4, -0.2) is 275 Å². The number of fused-ring (bicyclic) bond motifs is 2. The molecule has 0 saturated carbocycles. The van der Waals surface area contributed by atoms with Crippen LogP contribution in [0.25, 0.3) is 0 Å². The first-order valence-corrected chi connectivity index (χ1v) is 35.5. The lowest BCUT2D eigenvalue weighted by Gasteiger charge is -2.33. The lowest BCUT2D eigenvalue weighted by atomic mass is 9.96. The van der Waals surface area contributed by atoms with E-state index in [0.29, 0.717) is 178 Å². The Labute approximate surface area is 560 Å². The van der Waals surface area contributed by atoms with Crippen LogP contribution in [0.4, 0.5) is 10.5 Å². The standard InChI is InChI=1S/C64H102N12O16S2/c65-58-38-49-41-93-56(61(49)71-58)15-3-1-9-51(79)11-5-27-87-29-7-13-54(81)47-35-48(55(82)14-8-30-88-28-6-12-52(80)10-2-4-16-57-62-53(42-94-57)70-63(66)72-62)37-50(36-47)69-64(86)68-18-32-90-34-33-89-31-17-67-59(83)39-73-19-20-74(40-60(84)85)22-24-76(44-92-46-78)26-25-75(23-21-73)43-91-45-77/h35-37,45-46,49,53,56-57,61-62H,1-34,38-44H2,(H2,65,71)(H,67,83)(H,84,85)(H3,66,70,72)(H2,68,69,86)/t49-,53-,56-,57-,61-,62-/m0/s1. The number of amides is 3. The average molecular weight is 1360 g/mol. The number of nitrogens with two attached hydrogens (primary N) is 2. The molecule has 0 radical (unpaired) electrons. The molecule has 3 saturated heterocycles. The molecule has 0 bridgehead atoms. The Morgan fingerprint density at radius 2 is 1.04 bits per heavy atom. The predicted octanol–water partition coefficient (Wildman–Crippen LogP) is 2.93. The van der Waals surface area contributed by atoms with E-state index in [2.05, 4.69) is 31.3 Å². The van der Waals surface area contributed by atoms with Gasteiger partial charge in [0.25, 0.3) is 12.9 Å². The quantitative estimate of drug-likeness (QED) is 0.0280. The summed E-state index contributed by atoms with van der Waals surface area (Å²) in [4.78, 5) is 129. The highest BCUT2D eigenvalue weighted by Gasteiger charge is 2.41. The van der Waals surface area contributed by atoms with Crippen molar-refractivity contribution in [2.24, 2.45) is 27.4 Å². The summed E-state index contributed by atoms with van der Waals surface area (Å²) >= 11 is 3.91. The van der Waals surface area contributed by atoms with E-state index in [9.17, 15) is 48.3 Å². The van der Waals surface area contributed by atoms with E-state index in [1.807, 2.05) is 38.2 Å². The van der Waals surface area contributed by atoms with Crippen molar-refractivity contribution in [1.29, 1.82) is 0 Å². The van der Waals surface area contributed by atoms with Gasteiger partial charge in [0.15, 0.2) is 17.5 Å². The summed E-state index contributed by atoms with van der Waals surface area (Å²) in [5, 5.41) is 22.0. The number of carbonyl (C=O) groups excluding carboxylic acids is 8. The van der Waals surface area contributed by atoms with Gasteiger partial charge < -0.3 is 66.3 Å². The fourth-order valence-corrected chi connectivity index (χ4v) is 15.0. The fourth-order valence-electron chi connectivity index (χ4n) is 11.9. The third-order valence-corrected chi connectivity index (χ3v) is 20.0. The maximum atomic E-state index is 13.6. The topological polar surface area (TPSA) is 367 Å². The van der Waals surface area contributed by atoms with Crippen molar-refractivity contribution in [2.75, 3.05) is 162 Å². The highest BCUT2D eigenvalue weighted by molar-refractivity contribution is 8.00. The van der Waals surface area contributed by atoms with Crippen LogP contribution in [0, 0.1) is 5.92 Å². The summed E-state index contributed by atoms with van der Waals surface area (Å²) < 4.78 is 32.9. The molecule has 6 rings (SSSR count). The smallest absolute Gasteiger partial charge is 0.319 e. The summed E-state index contributed by atoms with van der Waals surface area (Å²) in [5.74, 6) is 2.72. The number of ether oxygens (including phenoxy) is 6. The van der Waals surface area contributed by atoms with E-state index in [4.69, 9.17) is 39.9 Å². The van der Waals surface area contributed by atoms with Crippen LogP contribution in [0.2, 0.25) is 0 Å². The number of rotatable bonds is 48. The van der Waals surface area contributed by atoms with Gasteiger partial charge in [0.05, 0.1) is 63.5 Å². The van der Waals surface area contributed by atoms with Gasteiger partial charge in [-0.15, -0.1) is 0 Å². The number of anilines is 1. The van der Waals surface area contributed by atoms with Gasteiger partial charge in [0.2, 0.25) is 5.91 Å². The number of Topliss-reactive ketones (excluding diaryl/α,β-unsaturated/α-hetero) is 4. The van der Waals surface area contributed by atoms with Gasteiger partial charge >= 0.3 is 12.0 Å². The molecule has 6 atom stereocenters. The fraction of sp³-hybridized carbons (Fsp3) is 0.734. The van der Waals surface area contributed by atoms with Crippen LogP contribution in [0.1, 0.15) is 130 Å². The normalized spacial score (nSPS) is 21.1. The van der Waals surface area contributed by atoms with Gasteiger partial charge in [-0.3, -0.25) is 62.9 Å². The van der Waals surface area contributed by atoms with Crippen molar-refractivity contribution in [3.8, 4) is 0 Å². The van der Waals surface area contributed by atoms with Gasteiger partial charge in [0, 0.05) is 170 Å². The number of urea groups is 1. The summed E-state index contributed by atoms with van der Waals surface area (Å²) in [5.41, 5.74) is 12.6. The second kappa shape index (κ2) is 44.8. The van der Waals surface area contributed by atoms with Crippen molar-refractivity contribution >= 4 is 95.0 Å². The third-order valence-electron chi connectivity index (χ3n) is 17.0. The molecule has 28 nitrogen and oxygen atoms in total. The molecule has 0 spiro atoms. The number of carboxylic acids is 1. The molecule has 5 aliphatic heterocycles. The van der Waals surface area contributed by atoms with E-state index in [0.717, 1.165) is 62.3 Å². The molecular formula is C64H102N12O16S2. The summed E-state index contributed by atoms with van der Waals surface area (Å²) in [6.45, 7) is 6.45. The minimum Gasteiger partial charge on any atom is -0.480 e. The van der Waals surface area contributed by atoms with E-state index in [1.165, 1.54) is 0 Å². The van der Waals surface area contributed by atoms with Crippen molar-refractivity contribution in [1.82, 2.24) is 35.6 Å². The Morgan fingerprint density at radius 3 is 1.59 bits per heavy atom. The minimum atomic E-state index is -0.991. The van der Waals surface area contributed by atoms with Gasteiger partial charge in [-0.05, 0) is 81.2 Å². The molecule has 1 aromatic carbocycles. The molecule has 5 aliphatic rings. The molecule has 526 valence electrons. The molecule has 0 aromatic heterocycles. The Kier molecular flexibility index (Phi) is 36.8. The van der Waals surface area contributed by atoms with Gasteiger partial charge in [-0.2, -0.15) is 23.5 Å². The van der Waals surface area contributed by atoms with Crippen LogP contribution in [0.15, 0.2) is 28.2 Å². The maximum Gasteiger partial charge on any atom is 0.319 e. The number of hydrogen-bond donors (Lipinski definition) is 7. The van der Waals surface area contributed by atoms with Crippen LogP contribution in [0.5, 0.6) is 0 Å². The van der Waals surface area contributed by atoms with Gasteiger partial charge in [-0.1, -0.05) is 12.8 Å². The largest absolute Gasteiger partial charge is 0.480 e.